The van der Waals surface area contributed by atoms with Crippen molar-refractivity contribution in [3.8, 4) is 0 Å². The van der Waals surface area contributed by atoms with Crippen LogP contribution in [-0.4, -0.2) is 33.0 Å². The molecule has 2 atom stereocenters. The highest BCUT2D eigenvalue weighted by atomic mass is 32.2. The first kappa shape index (κ1) is 17.2. The van der Waals surface area contributed by atoms with Gasteiger partial charge in [-0.15, -0.1) is 0 Å². The first-order valence-electron chi connectivity index (χ1n) is 7.44. The summed E-state index contributed by atoms with van der Waals surface area (Å²) in [4.78, 5) is 0. The predicted molar refractivity (Wildman–Crippen MR) is 85.9 cm³/mol. The van der Waals surface area contributed by atoms with E-state index in [2.05, 4.69) is 43.4 Å². The predicted octanol–water partition coefficient (Wildman–Crippen LogP) is 2.98. The summed E-state index contributed by atoms with van der Waals surface area (Å²) in [5, 5.41) is 3.52. The number of likely N-dealkylation sites (N-methyl/N-ethyl adjacent to an activating group) is 1. The zero-order chi connectivity index (χ0) is 15.0. The van der Waals surface area contributed by atoms with Crippen LogP contribution in [0.5, 0.6) is 0 Å². The van der Waals surface area contributed by atoms with Crippen molar-refractivity contribution in [2.24, 2.45) is 0 Å². The lowest BCUT2D eigenvalue weighted by molar-refractivity contribution is 0.404. The van der Waals surface area contributed by atoms with Crippen molar-refractivity contribution in [3.63, 3.8) is 0 Å². The second kappa shape index (κ2) is 8.42. The molecule has 0 saturated heterocycles. The third kappa shape index (κ3) is 6.06. The summed E-state index contributed by atoms with van der Waals surface area (Å²) in [5.41, 5.74) is 1.33. The lowest BCUT2D eigenvalue weighted by atomic mass is 9.87. The van der Waals surface area contributed by atoms with Gasteiger partial charge in [0.15, 0.2) is 0 Å². The van der Waals surface area contributed by atoms with Gasteiger partial charge >= 0.3 is 0 Å². The molecule has 20 heavy (non-hydrogen) atoms. The van der Waals surface area contributed by atoms with Gasteiger partial charge in [0.25, 0.3) is 0 Å². The minimum atomic E-state index is -2.86. The van der Waals surface area contributed by atoms with Gasteiger partial charge in [0.1, 0.15) is 9.84 Å². The Bertz CT molecular complexity index is 471. The summed E-state index contributed by atoms with van der Waals surface area (Å²) in [6, 6.07) is 10.8. The van der Waals surface area contributed by atoms with E-state index in [0.717, 1.165) is 25.8 Å². The molecule has 0 bridgehead atoms. The fraction of sp³-hybridized carbons (Fsp3) is 0.625. The highest BCUT2D eigenvalue weighted by Gasteiger charge is 2.20. The molecule has 2 unspecified atom stereocenters. The molecule has 1 aromatic carbocycles. The van der Waals surface area contributed by atoms with E-state index < -0.39 is 9.84 Å². The van der Waals surface area contributed by atoms with Crippen LogP contribution in [0, 0.1) is 0 Å². The van der Waals surface area contributed by atoms with Crippen LogP contribution in [0.4, 0.5) is 0 Å². The van der Waals surface area contributed by atoms with E-state index >= 15 is 0 Å². The van der Waals surface area contributed by atoms with E-state index in [4.69, 9.17) is 0 Å². The Hall–Kier alpha value is -0.870. The molecule has 1 N–H and O–H groups in total. The van der Waals surface area contributed by atoms with Crippen LogP contribution in [0.15, 0.2) is 30.3 Å². The third-order valence-corrected chi connectivity index (χ3v) is 4.68. The minimum Gasteiger partial charge on any atom is -0.314 e. The standard InChI is InChI=1S/C16H27NO2S/c1-4-15(14-10-7-6-8-11-14)16(17-5-2)12-9-13-20(3,18)19/h6-8,10-11,15-17H,4-5,9,12-13H2,1-3H3. The maximum absolute atomic E-state index is 11.3. The first-order chi connectivity index (χ1) is 9.48. The second-order valence-corrected chi connectivity index (χ2v) is 7.62. The van der Waals surface area contributed by atoms with Crippen molar-refractivity contribution in [3.05, 3.63) is 35.9 Å². The van der Waals surface area contributed by atoms with E-state index in [1.165, 1.54) is 11.8 Å². The summed E-state index contributed by atoms with van der Waals surface area (Å²) in [6.07, 6.45) is 3.98. The molecule has 0 radical (unpaired) electrons. The number of sulfone groups is 1. The molecule has 0 heterocycles. The molecular formula is C16H27NO2S. The zero-order valence-corrected chi connectivity index (χ0v) is 13.6. The second-order valence-electron chi connectivity index (χ2n) is 5.36. The van der Waals surface area contributed by atoms with E-state index in [1.54, 1.807) is 0 Å². The molecule has 1 aromatic rings. The lowest BCUT2D eigenvalue weighted by Gasteiger charge is -2.27. The molecule has 1 rings (SSSR count). The molecule has 0 aliphatic rings. The normalized spacial score (nSPS) is 14.9. The van der Waals surface area contributed by atoms with E-state index in [-0.39, 0.29) is 5.75 Å². The van der Waals surface area contributed by atoms with Crippen LogP contribution in [0.2, 0.25) is 0 Å². The van der Waals surface area contributed by atoms with Crippen LogP contribution >= 0.6 is 0 Å². The topological polar surface area (TPSA) is 46.2 Å². The SMILES string of the molecule is CCNC(CCCS(C)(=O)=O)C(CC)c1ccccc1. The summed E-state index contributed by atoms with van der Waals surface area (Å²) in [7, 11) is -2.86. The lowest BCUT2D eigenvalue weighted by Crippen LogP contribution is -2.35. The van der Waals surface area contributed by atoms with Gasteiger partial charge in [0, 0.05) is 18.1 Å². The average molecular weight is 297 g/mol. The molecule has 0 spiro atoms. The molecule has 0 aliphatic heterocycles. The van der Waals surface area contributed by atoms with Crippen molar-refractivity contribution in [1.29, 1.82) is 0 Å². The summed E-state index contributed by atoms with van der Waals surface area (Å²) >= 11 is 0. The highest BCUT2D eigenvalue weighted by Crippen LogP contribution is 2.26. The Labute approximate surface area is 123 Å². The Morgan fingerprint density at radius 1 is 1.15 bits per heavy atom. The Morgan fingerprint density at radius 3 is 2.30 bits per heavy atom. The quantitative estimate of drug-likeness (QED) is 0.762. The highest BCUT2D eigenvalue weighted by molar-refractivity contribution is 7.90. The van der Waals surface area contributed by atoms with Gasteiger partial charge < -0.3 is 5.32 Å². The van der Waals surface area contributed by atoms with Crippen LogP contribution in [-0.2, 0) is 9.84 Å². The van der Waals surface area contributed by atoms with Gasteiger partial charge in [0.05, 0.1) is 0 Å². The van der Waals surface area contributed by atoms with Gasteiger partial charge in [-0.2, -0.15) is 0 Å². The third-order valence-electron chi connectivity index (χ3n) is 3.65. The van der Waals surface area contributed by atoms with Crippen molar-refractivity contribution >= 4 is 9.84 Å². The van der Waals surface area contributed by atoms with Crippen LogP contribution in [0.1, 0.15) is 44.6 Å². The van der Waals surface area contributed by atoms with Gasteiger partial charge in [-0.3, -0.25) is 0 Å². The van der Waals surface area contributed by atoms with Gasteiger partial charge in [-0.1, -0.05) is 44.2 Å². The number of nitrogens with one attached hydrogen (secondary N) is 1. The molecule has 0 saturated carbocycles. The van der Waals surface area contributed by atoms with Crippen molar-refractivity contribution in [2.75, 3.05) is 18.6 Å². The first-order valence-corrected chi connectivity index (χ1v) is 9.50. The minimum absolute atomic E-state index is 0.278. The number of hydrogen-bond donors (Lipinski definition) is 1. The number of benzene rings is 1. The van der Waals surface area contributed by atoms with Gasteiger partial charge in [-0.25, -0.2) is 8.42 Å². The number of hydrogen-bond acceptors (Lipinski definition) is 3. The molecule has 4 heteroatoms. The molecule has 3 nitrogen and oxygen atoms in total. The molecule has 0 aliphatic carbocycles. The molecule has 0 amide bonds. The Kier molecular flexibility index (Phi) is 7.24. The molecular weight excluding hydrogens is 270 g/mol. The fourth-order valence-corrected chi connectivity index (χ4v) is 3.42. The van der Waals surface area contributed by atoms with Gasteiger partial charge in [-0.05, 0) is 37.3 Å². The van der Waals surface area contributed by atoms with Gasteiger partial charge in [0.2, 0.25) is 0 Å². The molecule has 0 aromatic heterocycles. The largest absolute Gasteiger partial charge is 0.314 e. The zero-order valence-electron chi connectivity index (χ0n) is 12.8. The smallest absolute Gasteiger partial charge is 0.147 e. The fourth-order valence-electron chi connectivity index (χ4n) is 2.73. The molecule has 0 fully saturated rings. The number of rotatable bonds is 9. The maximum Gasteiger partial charge on any atom is 0.147 e. The Balaban J connectivity index is 2.72. The van der Waals surface area contributed by atoms with E-state index in [0.29, 0.717) is 12.0 Å². The molecule has 114 valence electrons. The summed E-state index contributed by atoms with van der Waals surface area (Å²) in [5.74, 6) is 0.718. The van der Waals surface area contributed by atoms with Crippen molar-refractivity contribution < 1.29 is 8.42 Å². The maximum atomic E-state index is 11.3. The average Bonchev–Trinajstić information content (AvgIpc) is 2.39. The van der Waals surface area contributed by atoms with Crippen LogP contribution in [0.3, 0.4) is 0 Å². The Morgan fingerprint density at radius 2 is 1.80 bits per heavy atom. The summed E-state index contributed by atoms with van der Waals surface area (Å²) in [6.45, 7) is 5.20. The monoisotopic (exact) mass is 297 g/mol. The summed E-state index contributed by atoms with van der Waals surface area (Å²) < 4.78 is 22.5. The van der Waals surface area contributed by atoms with E-state index in [1.807, 2.05) is 6.07 Å². The van der Waals surface area contributed by atoms with Crippen molar-refractivity contribution in [1.82, 2.24) is 5.32 Å². The van der Waals surface area contributed by atoms with Crippen LogP contribution < -0.4 is 5.32 Å². The van der Waals surface area contributed by atoms with Crippen molar-refractivity contribution in [2.45, 2.75) is 45.1 Å². The van der Waals surface area contributed by atoms with Crippen LogP contribution in [0.25, 0.3) is 0 Å². The van der Waals surface area contributed by atoms with E-state index in [9.17, 15) is 8.42 Å².